The van der Waals surface area contributed by atoms with Crippen LogP contribution in [0.3, 0.4) is 0 Å². The van der Waals surface area contributed by atoms with Gasteiger partial charge in [-0.25, -0.2) is 13.1 Å². The van der Waals surface area contributed by atoms with E-state index in [0.717, 1.165) is 5.56 Å². The maximum Gasteiger partial charge on any atom is 0.216 e. The Morgan fingerprint density at radius 3 is 2.35 bits per heavy atom. The summed E-state index contributed by atoms with van der Waals surface area (Å²) in [7, 11) is -3.35. The Balaban J connectivity index is 2.64. The zero-order valence-electron chi connectivity index (χ0n) is 10.1. The second-order valence-electron chi connectivity index (χ2n) is 4.31. The molecule has 0 unspecified atom stereocenters. The quantitative estimate of drug-likeness (QED) is 0.802. The van der Waals surface area contributed by atoms with E-state index in [4.69, 9.17) is 5.11 Å². The van der Waals surface area contributed by atoms with Crippen LogP contribution in [-0.4, -0.2) is 26.2 Å². The SMILES string of the molecule is C[C@@H](CO)[C@@H](C)NS(=O)(=O)Cc1ccccc1. The monoisotopic (exact) mass is 257 g/mol. The Bertz CT molecular complexity index is 430. The minimum atomic E-state index is -3.35. The molecule has 17 heavy (non-hydrogen) atoms. The molecule has 2 atom stereocenters. The Hall–Kier alpha value is -0.910. The molecule has 0 fully saturated rings. The maximum absolute atomic E-state index is 11.8. The Labute approximate surface area is 103 Å². The number of hydrogen-bond donors (Lipinski definition) is 2. The van der Waals surface area contributed by atoms with E-state index in [1.165, 1.54) is 0 Å². The Kier molecular flexibility index (Phi) is 5.11. The lowest BCUT2D eigenvalue weighted by atomic mass is 10.1. The average Bonchev–Trinajstić information content (AvgIpc) is 2.27. The van der Waals surface area contributed by atoms with Crippen LogP contribution >= 0.6 is 0 Å². The Morgan fingerprint density at radius 2 is 1.82 bits per heavy atom. The summed E-state index contributed by atoms with van der Waals surface area (Å²) in [5, 5.41) is 8.96. The van der Waals surface area contributed by atoms with Crippen molar-refractivity contribution in [2.75, 3.05) is 6.61 Å². The second-order valence-corrected chi connectivity index (χ2v) is 6.06. The number of nitrogens with one attached hydrogen (secondary N) is 1. The zero-order chi connectivity index (χ0) is 12.9. The summed E-state index contributed by atoms with van der Waals surface area (Å²) in [5.74, 6) is -0.128. The molecule has 96 valence electrons. The maximum atomic E-state index is 11.8. The lowest BCUT2D eigenvalue weighted by Crippen LogP contribution is -2.38. The summed E-state index contributed by atoms with van der Waals surface area (Å²) in [6.07, 6.45) is 0. The molecule has 0 aliphatic heterocycles. The van der Waals surface area contributed by atoms with E-state index in [-0.39, 0.29) is 24.3 Å². The first-order valence-corrected chi connectivity index (χ1v) is 7.24. The first-order chi connectivity index (χ1) is 7.94. The highest BCUT2D eigenvalue weighted by Crippen LogP contribution is 2.07. The van der Waals surface area contributed by atoms with Crippen molar-refractivity contribution in [3.63, 3.8) is 0 Å². The third-order valence-corrected chi connectivity index (χ3v) is 4.15. The van der Waals surface area contributed by atoms with Gasteiger partial charge in [0.2, 0.25) is 10.0 Å². The van der Waals surface area contributed by atoms with Crippen LogP contribution in [0, 0.1) is 5.92 Å². The van der Waals surface area contributed by atoms with Crippen molar-refractivity contribution in [2.45, 2.75) is 25.6 Å². The van der Waals surface area contributed by atoms with Crippen molar-refractivity contribution in [1.82, 2.24) is 4.72 Å². The molecule has 5 heteroatoms. The molecular weight excluding hydrogens is 238 g/mol. The van der Waals surface area contributed by atoms with Crippen LogP contribution in [-0.2, 0) is 15.8 Å². The third kappa shape index (κ3) is 4.85. The van der Waals surface area contributed by atoms with E-state index in [1.54, 1.807) is 26.0 Å². The molecule has 0 aliphatic carbocycles. The number of benzene rings is 1. The summed E-state index contributed by atoms with van der Waals surface area (Å²) in [4.78, 5) is 0. The summed E-state index contributed by atoms with van der Waals surface area (Å²) in [6.45, 7) is 3.52. The van der Waals surface area contributed by atoms with Crippen molar-refractivity contribution < 1.29 is 13.5 Å². The van der Waals surface area contributed by atoms with Crippen molar-refractivity contribution >= 4 is 10.0 Å². The van der Waals surface area contributed by atoms with Gasteiger partial charge in [-0.15, -0.1) is 0 Å². The van der Waals surface area contributed by atoms with Crippen LogP contribution in [0.15, 0.2) is 30.3 Å². The van der Waals surface area contributed by atoms with Crippen molar-refractivity contribution in [3.8, 4) is 0 Å². The molecule has 0 radical (unpaired) electrons. The topological polar surface area (TPSA) is 66.4 Å². The summed E-state index contributed by atoms with van der Waals surface area (Å²) in [6, 6.07) is 8.75. The number of aliphatic hydroxyl groups is 1. The number of aliphatic hydroxyl groups excluding tert-OH is 1. The minimum Gasteiger partial charge on any atom is -0.396 e. The lowest BCUT2D eigenvalue weighted by molar-refractivity contribution is 0.216. The molecular formula is C12H19NO3S. The fraction of sp³-hybridized carbons (Fsp3) is 0.500. The first-order valence-electron chi connectivity index (χ1n) is 5.59. The van der Waals surface area contributed by atoms with Gasteiger partial charge in [0.05, 0.1) is 5.75 Å². The molecule has 0 saturated carbocycles. The first kappa shape index (κ1) is 14.2. The molecule has 2 N–H and O–H groups in total. The van der Waals surface area contributed by atoms with Gasteiger partial charge >= 0.3 is 0 Å². The van der Waals surface area contributed by atoms with Crippen LogP contribution in [0.5, 0.6) is 0 Å². The van der Waals surface area contributed by atoms with Crippen molar-refractivity contribution in [1.29, 1.82) is 0 Å². The number of rotatable bonds is 6. The largest absolute Gasteiger partial charge is 0.396 e. The van der Waals surface area contributed by atoms with Crippen LogP contribution < -0.4 is 4.72 Å². The van der Waals surface area contributed by atoms with E-state index in [2.05, 4.69) is 4.72 Å². The average molecular weight is 257 g/mol. The predicted octanol–water partition coefficient (Wildman–Crippen LogP) is 1.12. The van der Waals surface area contributed by atoms with Gasteiger partial charge in [0, 0.05) is 12.6 Å². The van der Waals surface area contributed by atoms with Gasteiger partial charge in [-0.05, 0) is 18.4 Å². The molecule has 1 aromatic carbocycles. The van der Waals surface area contributed by atoms with Gasteiger partial charge in [0.1, 0.15) is 0 Å². The molecule has 1 aromatic rings. The number of hydrogen-bond acceptors (Lipinski definition) is 3. The minimum absolute atomic E-state index is 0.0314. The smallest absolute Gasteiger partial charge is 0.216 e. The molecule has 0 aromatic heterocycles. The molecule has 0 aliphatic rings. The summed E-state index contributed by atoms with van der Waals surface area (Å²) >= 11 is 0. The highest BCUT2D eigenvalue weighted by Gasteiger charge is 2.19. The van der Waals surface area contributed by atoms with Gasteiger partial charge in [-0.2, -0.15) is 0 Å². The van der Waals surface area contributed by atoms with Crippen LogP contribution in [0.2, 0.25) is 0 Å². The standard InChI is InChI=1S/C12H19NO3S/c1-10(8-14)11(2)13-17(15,16)9-12-6-4-3-5-7-12/h3-7,10-11,13-14H,8-9H2,1-2H3/t10-,11+/m0/s1. The molecule has 0 bridgehead atoms. The molecule has 0 amide bonds. The van der Waals surface area contributed by atoms with Crippen molar-refractivity contribution in [3.05, 3.63) is 35.9 Å². The van der Waals surface area contributed by atoms with E-state index < -0.39 is 10.0 Å². The van der Waals surface area contributed by atoms with Crippen LogP contribution in [0.25, 0.3) is 0 Å². The lowest BCUT2D eigenvalue weighted by Gasteiger charge is -2.19. The van der Waals surface area contributed by atoms with E-state index in [0.29, 0.717) is 0 Å². The normalized spacial score (nSPS) is 15.5. The molecule has 1 rings (SSSR count). The third-order valence-electron chi connectivity index (χ3n) is 2.71. The van der Waals surface area contributed by atoms with Gasteiger partial charge in [0.15, 0.2) is 0 Å². The second kappa shape index (κ2) is 6.14. The molecule has 0 saturated heterocycles. The van der Waals surface area contributed by atoms with Gasteiger partial charge in [-0.3, -0.25) is 0 Å². The summed E-state index contributed by atoms with van der Waals surface area (Å²) in [5.41, 5.74) is 0.754. The number of sulfonamides is 1. The van der Waals surface area contributed by atoms with E-state index in [1.807, 2.05) is 18.2 Å². The Morgan fingerprint density at radius 1 is 1.24 bits per heavy atom. The predicted molar refractivity (Wildman–Crippen MR) is 67.9 cm³/mol. The van der Waals surface area contributed by atoms with Gasteiger partial charge < -0.3 is 5.11 Å². The summed E-state index contributed by atoms with van der Waals surface area (Å²) < 4.78 is 26.2. The fourth-order valence-electron chi connectivity index (χ4n) is 1.39. The molecule has 0 heterocycles. The van der Waals surface area contributed by atoms with Crippen molar-refractivity contribution in [2.24, 2.45) is 5.92 Å². The highest BCUT2D eigenvalue weighted by atomic mass is 32.2. The van der Waals surface area contributed by atoms with Gasteiger partial charge in [-0.1, -0.05) is 37.3 Å². The van der Waals surface area contributed by atoms with Crippen LogP contribution in [0.1, 0.15) is 19.4 Å². The van der Waals surface area contributed by atoms with Gasteiger partial charge in [0.25, 0.3) is 0 Å². The molecule has 0 spiro atoms. The van der Waals surface area contributed by atoms with E-state index >= 15 is 0 Å². The zero-order valence-corrected chi connectivity index (χ0v) is 10.9. The van der Waals surface area contributed by atoms with E-state index in [9.17, 15) is 8.42 Å². The fourth-order valence-corrected chi connectivity index (χ4v) is 2.91. The molecule has 4 nitrogen and oxygen atoms in total. The van der Waals surface area contributed by atoms with Crippen LogP contribution in [0.4, 0.5) is 0 Å². The highest BCUT2D eigenvalue weighted by molar-refractivity contribution is 7.88.